The van der Waals surface area contributed by atoms with E-state index in [-0.39, 0.29) is 35.2 Å². The molecule has 0 amide bonds. The average Bonchev–Trinajstić information content (AvgIpc) is 3.52. The summed E-state index contributed by atoms with van der Waals surface area (Å²) in [6.07, 6.45) is -3.27. The van der Waals surface area contributed by atoms with E-state index < -0.39 is 48.4 Å². The summed E-state index contributed by atoms with van der Waals surface area (Å²) in [5.74, 6) is -6.60. The minimum Gasteiger partial charge on any atom is -0.350 e. The molecule has 0 radical (unpaired) electrons. The van der Waals surface area contributed by atoms with E-state index in [1.54, 1.807) is 6.92 Å². The molecular formula is C23H23F6N7O. The van der Waals surface area contributed by atoms with Crippen LogP contribution in [0.4, 0.5) is 38.3 Å². The number of hydrogen-bond donors (Lipinski definition) is 1. The number of nitrogens with one attached hydrogen (secondary N) is 1. The number of anilines is 2. The third kappa shape index (κ3) is 4.19. The molecule has 1 N–H and O–H groups in total. The van der Waals surface area contributed by atoms with Crippen molar-refractivity contribution in [3.8, 4) is 0 Å². The molecule has 198 valence electrons. The highest BCUT2D eigenvalue weighted by Crippen LogP contribution is 2.44. The highest BCUT2D eigenvalue weighted by molar-refractivity contribution is 5.36. The van der Waals surface area contributed by atoms with Crippen molar-refractivity contribution in [1.29, 1.82) is 0 Å². The summed E-state index contributed by atoms with van der Waals surface area (Å²) in [6, 6.07) is 2.11. The molecule has 2 aliphatic heterocycles. The minimum atomic E-state index is -4.58. The van der Waals surface area contributed by atoms with Crippen molar-refractivity contribution in [2.45, 2.75) is 50.9 Å². The van der Waals surface area contributed by atoms with Gasteiger partial charge >= 0.3 is 12.2 Å². The quantitative estimate of drug-likeness (QED) is 0.397. The Morgan fingerprint density at radius 2 is 1.73 bits per heavy atom. The van der Waals surface area contributed by atoms with Gasteiger partial charge in [0.15, 0.2) is 23.3 Å². The van der Waals surface area contributed by atoms with Gasteiger partial charge in [0.05, 0.1) is 12.5 Å². The Morgan fingerprint density at radius 3 is 2.38 bits per heavy atom. The van der Waals surface area contributed by atoms with Crippen molar-refractivity contribution in [2.24, 2.45) is 17.8 Å². The smallest absolute Gasteiger partial charge is 0.350 e. The zero-order valence-corrected chi connectivity index (χ0v) is 19.6. The third-order valence-corrected chi connectivity index (χ3v) is 7.75. The monoisotopic (exact) mass is 527 g/mol. The lowest BCUT2D eigenvalue weighted by molar-refractivity contribution is -0.184. The van der Waals surface area contributed by atoms with Crippen molar-refractivity contribution in [3.63, 3.8) is 0 Å². The molecule has 1 aromatic carbocycles. The molecule has 1 aliphatic carbocycles. The topological polar surface area (TPSA) is 84.9 Å². The lowest BCUT2D eigenvalue weighted by atomic mass is 9.84. The number of piperidine rings is 1. The number of rotatable bonds is 4. The SMILES string of the molecule is Cc1noc(N2CC3CCC(C2)C3Nc2nc3n(n2)CC(C(F)(F)F)CC3c2ccc(F)c(F)c2F)n1. The molecule has 4 heterocycles. The maximum Gasteiger partial charge on any atom is 0.393 e. The van der Waals surface area contributed by atoms with E-state index >= 15 is 0 Å². The number of aromatic nitrogens is 5. The van der Waals surface area contributed by atoms with Crippen LogP contribution in [0, 0.1) is 42.1 Å². The zero-order valence-electron chi connectivity index (χ0n) is 19.6. The van der Waals surface area contributed by atoms with Crippen molar-refractivity contribution in [2.75, 3.05) is 23.3 Å². The fourth-order valence-electron chi connectivity index (χ4n) is 5.97. The van der Waals surface area contributed by atoms with Gasteiger partial charge in [0, 0.05) is 30.6 Å². The van der Waals surface area contributed by atoms with Gasteiger partial charge in [0.1, 0.15) is 5.82 Å². The van der Waals surface area contributed by atoms with Gasteiger partial charge in [-0.2, -0.15) is 23.1 Å². The van der Waals surface area contributed by atoms with Crippen LogP contribution in [0.25, 0.3) is 0 Å². The molecule has 2 aromatic heterocycles. The second kappa shape index (κ2) is 8.62. The summed E-state index contributed by atoms with van der Waals surface area (Å²) in [6.45, 7) is 2.56. The largest absolute Gasteiger partial charge is 0.393 e. The third-order valence-electron chi connectivity index (χ3n) is 7.75. The number of fused-ring (bicyclic) bond motifs is 3. The number of hydrogen-bond acceptors (Lipinski definition) is 7. The van der Waals surface area contributed by atoms with Gasteiger partial charge in [-0.1, -0.05) is 11.2 Å². The molecule has 6 rings (SSSR count). The molecule has 2 fully saturated rings. The molecule has 0 spiro atoms. The predicted octanol–water partition coefficient (Wildman–Crippen LogP) is 4.43. The van der Waals surface area contributed by atoms with Crippen LogP contribution in [0.3, 0.4) is 0 Å². The lowest BCUT2D eigenvalue weighted by Gasteiger charge is -2.37. The van der Waals surface area contributed by atoms with Crippen LogP contribution < -0.4 is 10.2 Å². The van der Waals surface area contributed by atoms with Gasteiger partial charge in [-0.25, -0.2) is 17.9 Å². The first kappa shape index (κ1) is 24.0. The summed E-state index contributed by atoms with van der Waals surface area (Å²) in [4.78, 5) is 10.7. The van der Waals surface area contributed by atoms with Crippen LogP contribution in [0.15, 0.2) is 16.7 Å². The maximum absolute atomic E-state index is 14.6. The molecule has 4 atom stereocenters. The highest BCUT2D eigenvalue weighted by Gasteiger charge is 2.47. The van der Waals surface area contributed by atoms with Crippen molar-refractivity contribution >= 4 is 12.0 Å². The van der Waals surface area contributed by atoms with Crippen LogP contribution in [-0.4, -0.2) is 50.2 Å². The first-order valence-corrected chi connectivity index (χ1v) is 12.0. The van der Waals surface area contributed by atoms with E-state index in [0.717, 1.165) is 23.6 Å². The first-order valence-electron chi connectivity index (χ1n) is 12.0. The van der Waals surface area contributed by atoms with E-state index in [0.29, 0.717) is 31.0 Å². The summed E-state index contributed by atoms with van der Waals surface area (Å²) in [5, 5.41) is 11.4. The molecule has 1 saturated carbocycles. The van der Waals surface area contributed by atoms with Crippen LogP contribution in [-0.2, 0) is 6.54 Å². The van der Waals surface area contributed by atoms with Gasteiger partial charge in [-0.3, -0.25) is 0 Å². The van der Waals surface area contributed by atoms with Gasteiger partial charge in [0.25, 0.3) is 0 Å². The molecule has 3 aliphatic rings. The van der Waals surface area contributed by atoms with Crippen molar-refractivity contribution in [3.05, 3.63) is 46.8 Å². The first-order chi connectivity index (χ1) is 17.6. The molecule has 14 heteroatoms. The van der Waals surface area contributed by atoms with E-state index in [1.165, 1.54) is 0 Å². The number of halogens is 6. The summed E-state index contributed by atoms with van der Waals surface area (Å²) in [5.41, 5.74) is -0.378. The Balaban J connectivity index is 1.28. The Hall–Kier alpha value is -3.32. The van der Waals surface area contributed by atoms with E-state index in [4.69, 9.17) is 4.52 Å². The van der Waals surface area contributed by atoms with Crippen LogP contribution in [0.5, 0.6) is 0 Å². The van der Waals surface area contributed by atoms with Crippen LogP contribution >= 0.6 is 0 Å². The van der Waals surface area contributed by atoms with Crippen LogP contribution in [0.1, 0.15) is 42.4 Å². The fourth-order valence-corrected chi connectivity index (χ4v) is 5.97. The summed E-state index contributed by atoms with van der Waals surface area (Å²) >= 11 is 0. The number of aryl methyl sites for hydroxylation is 1. The number of alkyl halides is 3. The normalized spacial score (nSPS) is 27.4. The Bertz CT molecular complexity index is 1310. The van der Waals surface area contributed by atoms with Crippen molar-refractivity contribution < 1.29 is 30.9 Å². The maximum atomic E-state index is 14.6. The zero-order chi connectivity index (χ0) is 26.1. The number of benzene rings is 1. The van der Waals surface area contributed by atoms with Gasteiger partial charge < -0.3 is 14.7 Å². The highest BCUT2D eigenvalue weighted by atomic mass is 19.4. The molecule has 2 bridgehead atoms. The Labute approximate surface area is 207 Å². The molecular weight excluding hydrogens is 504 g/mol. The second-order valence-electron chi connectivity index (χ2n) is 10.1. The average molecular weight is 527 g/mol. The minimum absolute atomic E-state index is 0.0263. The fraction of sp³-hybridized carbons (Fsp3) is 0.565. The summed E-state index contributed by atoms with van der Waals surface area (Å²) < 4.78 is 89.7. The van der Waals surface area contributed by atoms with Gasteiger partial charge in [-0.15, -0.1) is 5.10 Å². The lowest BCUT2D eigenvalue weighted by Crippen LogP contribution is -2.48. The van der Waals surface area contributed by atoms with Crippen molar-refractivity contribution in [1.82, 2.24) is 24.9 Å². The standard InChI is InChI=1S/C23H23F6N7O/c1-10-30-22(37-34-10)35-7-11-2-3-12(8-35)19(11)31-21-32-20-15(14-4-5-16(24)18(26)17(14)25)6-13(23(27,28)29)9-36(20)33-21/h4-5,11-13,15,19H,2-3,6-9H2,1H3,(H,31,33). The second-order valence-corrected chi connectivity index (χ2v) is 10.1. The molecule has 3 aromatic rings. The van der Waals surface area contributed by atoms with E-state index in [1.807, 2.05) is 4.90 Å². The number of nitrogens with zero attached hydrogens (tertiary/aromatic N) is 6. The summed E-state index contributed by atoms with van der Waals surface area (Å²) in [7, 11) is 0. The Kier molecular flexibility index (Phi) is 5.60. The van der Waals surface area contributed by atoms with Crippen LogP contribution in [0.2, 0.25) is 0 Å². The molecule has 8 nitrogen and oxygen atoms in total. The molecule has 4 unspecified atom stereocenters. The van der Waals surface area contributed by atoms with Gasteiger partial charge in [0.2, 0.25) is 5.95 Å². The molecule has 1 saturated heterocycles. The van der Waals surface area contributed by atoms with E-state index in [2.05, 4.69) is 25.5 Å². The van der Waals surface area contributed by atoms with E-state index in [9.17, 15) is 26.3 Å². The van der Waals surface area contributed by atoms with Gasteiger partial charge in [-0.05, 0) is 44.1 Å². The predicted molar refractivity (Wildman–Crippen MR) is 117 cm³/mol. The molecule has 37 heavy (non-hydrogen) atoms. The Morgan fingerprint density at radius 1 is 1.00 bits per heavy atom.